The number of rotatable bonds is 7. The Hall–Kier alpha value is -4.03. The van der Waals surface area contributed by atoms with E-state index < -0.39 is 5.97 Å². The van der Waals surface area contributed by atoms with E-state index in [4.69, 9.17) is 9.72 Å². The van der Waals surface area contributed by atoms with Gasteiger partial charge in [-0.2, -0.15) is 0 Å². The van der Waals surface area contributed by atoms with Gasteiger partial charge in [-0.1, -0.05) is 61.5 Å². The number of carbonyl (C=O) groups excluding carboxylic acids is 2. The average molecular weight is 480 g/mol. The van der Waals surface area contributed by atoms with Gasteiger partial charge in [-0.25, -0.2) is 4.79 Å². The number of para-hydroxylation sites is 3. The van der Waals surface area contributed by atoms with Crippen LogP contribution < -0.4 is 4.90 Å². The fraction of sp³-hybridized carbons (Fsp3) is 0.233. The van der Waals surface area contributed by atoms with Crippen molar-refractivity contribution < 1.29 is 14.3 Å². The second kappa shape index (κ2) is 10.7. The van der Waals surface area contributed by atoms with E-state index in [0.717, 1.165) is 53.0 Å². The Labute approximate surface area is 211 Å². The number of anilines is 2. The van der Waals surface area contributed by atoms with Gasteiger partial charge in [0, 0.05) is 47.5 Å². The number of nitrogens with zero attached hydrogens (tertiary/aromatic N) is 3. The number of pyridine rings is 1. The maximum atomic E-state index is 13.4. The zero-order chi connectivity index (χ0) is 24.9. The van der Waals surface area contributed by atoms with E-state index in [1.807, 2.05) is 84.9 Å². The molecule has 0 bridgehead atoms. The molecule has 0 spiro atoms. The van der Waals surface area contributed by atoms with Crippen molar-refractivity contribution in [3.8, 4) is 0 Å². The van der Waals surface area contributed by atoms with Crippen molar-refractivity contribution in [3.05, 3.63) is 102 Å². The number of aromatic nitrogens is 1. The zero-order valence-corrected chi connectivity index (χ0v) is 20.4. The third kappa shape index (κ3) is 4.86. The maximum absolute atomic E-state index is 13.4. The molecule has 0 aliphatic carbocycles. The first-order valence-corrected chi connectivity index (χ1v) is 12.4. The van der Waals surface area contributed by atoms with Gasteiger partial charge in [-0.3, -0.25) is 19.6 Å². The molecule has 1 amide bonds. The molecule has 3 aromatic carbocycles. The lowest BCUT2D eigenvalue weighted by Crippen LogP contribution is -2.32. The Morgan fingerprint density at radius 1 is 0.917 bits per heavy atom. The van der Waals surface area contributed by atoms with Gasteiger partial charge in [-0.05, 0) is 36.9 Å². The molecular formula is C30H29N3O3. The smallest absolute Gasteiger partial charge is 0.339 e. The van der Waals surface area contributed by atoms with Gasteiger partial charge >= 0.3 is 5.97 Å². The third-order valence-corrected chi connectivity index (χ3v) is 6.60. The van der Waals surface area contributed by atoms with Crippen molar-refractivity contribution >= 4 is 34.2 Å². The molecule has 36 heavy (non-hydrogen) atoms. The van der Waals surface area contributed by atoms with Crippen LogP contribution in [0.2, 0.25) is 0 Å². The Morgan fingerprint density at radius 3 is 2.22 bits per heavy atom. The molecule has 182 valence electrons. The highest BCUT2D eigenvalue weighted by Crippen LogP contribution is 2.29. The van der Waals surface area contributed by atoms with Crippen molar-refractivity contribution in [2.75, 3.05) is 24.6 Å². The van der Waals surface area contributed by atoms with Crippen LogP contribution in [0.3, 0.4) is 0 Å². The summed E-state index contributed by atoms with van der Waals surface area (Å²) in [5.74, 6) is -0.541. The van der Waals surface area contributed by atoms with Crippen LogP contribution in [0.1, 0.15) is 35.0 Å². The van der Waals surface area contributed by atoms with E-state index >= 15 is 0 Å². The van der Waals surface area contributed by atoms with Crippen LogP contribution in [0.5, 0.6) is 0 Å². The predicted molar refractivity (Wildman–Crippen MR) is 141 cm³/mol. The minimum atomic E-state index is -0.401. The first kappa shape index (κ1) is 23.7. The lowest BCUT2D eigenvalue weighted by atomic mass is 9.96. The highest BCUT2D eigenvalue weighted by Gasteiger charge is 2.26. The summed E-state index contributed by atoms with van der Waals surface area (Å²) in [6.45, 7) is 4.62. The minimum Gasteiger partial charge on any atom is -0.462 e. The molecule has 1 aliphatic rings. The molecule has 0 atom stereocenters. The number of benzene rings is 3. The monoisotopic (exact) mass is 479 g/mol. The van der Waals surface area contributed by atoms with Crippen molar-refractivity contribution in [1.82, 2.24) is 9.88 Å². The van der Waals surface area contributed by atoms with Crippen LogP contribution >= 0.6 is 0 Å². The van der Waals surface area contributed by atoms with E-state index in [2.05, 4.69) is 11.8 Å². The molecule has 0 fully saturated rings. The number of amides is 1. The number of likely N-dealkylation sites (N-methyl/N-ethyl adjacent to an activating group) is 1. The van der Waals surface area contributed by atoms with Crippen LogP contribution in [0.25, 0.3) is 10.9 Å². The fourth-order valence-corrected chi connectivity index (χ4v) is 4.76. The molecule has 6 nitrogen and oxygen atoms in total. The first-order valence-electron chi connectivity index (χ1n) is 12.4. The van der Waals surface area contributed by atoms with Crippen LogP contribution in [-0.4, -0.2) is 41.5 Å². The number of carbonyl (C=O) groups is 2. The van der Waals surface area contributed by atoms with E-state index in [0.29, 0.717) is 12.1 Å². The maximum Gasteiger partial charge on any atom is 0.339 e. The standard InChI is InChI=1S/C30H29N3O3/c1-2-32-19-17-27-25(21-32)29(24-15-9-10-16-26(24)31-27)30(35)36-20-18-28(34)33(22-11-5-3-6-12-22)23-13-7-4-8-14-23/h3-16H,2,17-21H2,1H3. The lowest BCUT2D eigenvalue weighted by molar-refractivity contribution is -0.118. The number of fused-ring (bicyclic) bond motifs is 2. The van der Waals surface area contributed by atoms with E-state index in [1.165, 1.54) is 0 Å². The number of hydrogen-bond acceptors (Lipinski definition) is 5. The summed E-state index contributed by atoms with van der Waals surface area (Å²) in [7, 11) is 0. The summed E-state index contributed by atoms with van der Waals surface area (Å²) in [4.78, 5) is 35.5. The van der Waals surface area contributed by atoms with Crippen LogP contribution in [0.15, 0.2) is 84.9 Å². The van der Waals surface area contributed by atoms with E-state index in [-0.39, 0.29) is 18.9 Å². The topological polar surface area (TPSA) is 62.7 Å². The summed E-state index contributed by atoms with van der Waals surface area (Å²) in [6, 6.07) is 26.7. The summed E-state index contributed by atoms with van der Waals surface area (Å²) >= 11 is 0. The lowest BCUT2D eigenvalue weighted by Gasteiger charge is -2.29. The third-order valence-electron chi connectivity index (χ3n) is 6.60. The molecule has 2 heterocycles. The highest BCUT2D eigenvalue weighted by atomic mass is 16.5. The molecule has 1 aliphatic heterocycles. The van der Waals surface area contributed by atoms with Crippen molar-refractivity contribution in [1.29, 1.82) is 0 Å². The highest BCUT2D eigenvalue weighted by molar-refractivity contribution is 6.05. The molecule has 5 rings (SSSR count). The number of esters is 1. The largest absolute Gasteiger partial charge is 0.462 e. The second-order valence-electron chi connectivity index (χ2n) is 8.83. The first-order chi connectivity index (χ1) is 17.7. The Bertz CT molecular complexity index is 1330. The van der Waals surface area contributed by atoms with Crippen LogP contribution in [-0.2, 0) is 22.5 Å². The fourth-order valence-electron chi connectivity index (χ4n) is 4.76. The SMILES string of the molecule is CCN1CCc2nc3ccccc3c(C(=O)OCCC(=O)N(c3ccccc3)c3ccccc3)c2C1. The Kier molecular flexibility index (Phi) is 7.05. The van der Waals surface area contributed by atoms with Gasteiger partial charge in [0.2, 0.25) is 5.91 Å². The van der Waals surface area contributed by atoms with Gasteiger partial charge in [0.05, 0.1) is 17.5 Å². The number of ether oxygens (including phenoxy) is 1. The van der Waals surface area contributed by atoms with Gasteiger partial charge < -0.3 is 4.74 Å². The molecule has 0 radical (unpaired) electrons. The summed E-state index contributed by atoms with van der Waals surface area (Å²) < 4.78 is 5.73. The molecule has 0 saturated heterocycles. The molecule has 6 heteroatoms. The Morgan fingerprint density at radius 2 is 1.56 bits per heavy atom. The summed E-state index contributed by atoms with van der Waals surface area (Å²) in [6.07, 6.45) is 0.873. The average Bonchev–Trinajstić information content (AvgIpc) is 2.92. The normalized spacial score (nSPS) is 13.2. The second-order valence-corrected chi connectivity index (χ2v) is 8.83. The predicted octanol–water partition coefficient (Wildman–Crippen LogP) is 5.52. The van der Waals surface area contributed by atoms with Crippen LogP contribution in [0.4, 0.5) is 11.4 Å². The quantitative estimate of drug-likeness (QED) is 0.327. The molecule has 0 saturated carbocycles. The molecular weight excluding hydrogens is 450 g/mol. The molecule has 0 unspecified atom stereocenters. The van der Waals surface area contributed by atoms with Gasteiger partial charge in [0.1, 0.15) is 6.61 Å². The van der Waals surface area contributed by atoms with Crippen molar-refractivity contribution in [3.63, 3.8) is 0 Å². The van der Waals surface area contributed by atoms with Gasteiger partial charge in [0.15, 0.2) is 0 Å². The summed E-state index contributed by atoms with van der Waals surface area (Å²) in [5, 5.41) is 0.792. The summed E-state index contributed by atoms with van der Waals surface area (Å²) in [5.41, 5.74) is 4.81. The number of hydrogen-bond donors (Lipinski definition) is 0. The molecule has 0 N–H and O–H groups in total. The van der Waals surface area contributed by atoms with E-state index in [9.17, 15) is 9.59 Å². The van der Waals surface area contributed by atoms with E-state index in [1.54, 1.807) is 4.90 Å². The zero-order valence-electron chi connectivity index (χ0n) is 20.4. The molecule has 4 aromatic rings. The minimum absolute atomic E-state index is 0.00323. The van der Waals surface area contributed by atoms with Crippen molar-refractivity contribution in [2.45, 2.75) is 26.3 Å². The van der Waals surface area contributed by atoms with Gasteiger partial charge in [-0.15, -0.1) is 0 Å². The van der Waals surface area contributed by atoms with Crippen molar-refractivity contribution in [2.24, 2.45) is 0 Å². The van der Waals surface area contributed by atoms with Gasteiger partial charge in [0.25, 0.3) is 0 Å². The van der Waals surface area contributed by atoms with Crippen LogP contribution in [0, 0.1) is 0 Å². The Balaban J connectivity index is 1.37. The molecule has 1 aromatic heterocycles.